The molecule has 0 unspecified atom stereocenters. The molecular formula is C15H20N6O5S. The van der Waals surface area contributed by atoms with Crippen LogP contribution in [-0.2, 0) is 14.8 Å². The quantitative estimate of drug-likeness (QED) is 0.684. The largest absolute Gasteiger partial charge is 0.378 e. The summed E-state index contributed by atoms with van der Waals surface area (Å²) in [5, 5.41) is 11.7. The summed E-state index contributed by atoms with van der Waals surface area (Å²) in [5.74, 6) is 0.0826. The Kier molecular flexibility index (Phi) is 4.48. The molecule has 1 amide bonds. The maximum atomic E-state index is 12.7. The molecular weight excluding hydrogens is 376 g/mol. The number of hydrogen-bond acceptors (Lipinski definition) is 8. The van der Waals surface area contributed by atoms with Gasteiger partial charge in [0.05, 0.1) is 25.5 Å². The summed E-state index contributed by atoms with van der Waals surface area (Å²) < 4.78 is 38.5. The Morgan fingerprint density at radius 1 is 1.22 bits per heavy atom. The van der Waals surface area contributed by atoms with Gasteiger partial charge in [-0.15, -0.1) is 5.10 Å². The first-order chi connectivity index (χ1) is 12.9. The first-order valence-corrected chi connectivity index (χ1v) is 10.0. The van der Waals surface area contributed by atoms with Gasteiger partial charge in [0.25, 0.3) is 5.91 Å². The van der Waals surface area contributed by atoms with Gasteiger partial charge in [0.1, 0.15) is 10.6 Å². The molecule has 0 aliphatic carbocycles. The van der Waals surface area contributed by atoms with E-state index < -0.39 is 10.0 Å². The molecule has 2 aliphatic rings. The molecule has 0 N–H and O–H groups in total. The van der Waals surface area contributed by atoms with Crippen LogP contribution >= 0.6 is 0 Å². The van der Waals surface area contributed by atoms with Crippen molar-refractivity contribution in [3.63, 3.8) is 0 Å². The van der Waals surface area contributed by atoms with E-state index in [1.807, 2.05) is 0 Å². The van der Waals surface area contributed by atoms with Gasteiger partial charge in [0, 0.05) is 26.2 Å². The number of carbonyl (C=O) groups excluding carboxylic acids is 1. The van der Waals surface area contributed by atoms with E-state index in [1.165, 1.54) is 4.31 Å². The predicted molar refractivity (Wildman–Crippen MR) is 90.5 cm³/mol. The molecule has 0 bridgehead atoms. The molecule has 2 fully saturated rings. The van der Waals surface area contributed by atoms with Crippen LogP contribution in [0.1, 0.15) is 28.0 Å². The molecule has 0 aromatic carbocycles. The van der Waals surface area contributed by atoms with Gasteiger partial charge in [-0.05, 0) is 13.8 Å². The summed E-state index contributed by atoms with van der Waals surface area (Å²) in [5.41, 5.74) is 0.596. The fraction of sp³-hybridized carbons (Fsp3) is 0.600. The molecule has 146 valence electrons. The third-order valence-corrected chi connectivity index (χ3v) is 6.87. The Hall–Kier alpha value is -2.31. The van der Waals surface area contributed by atoms with Crippen molar-refractivity contribution < 1.29 is 22.5 Å². The first kappa shape index (κ1) is 18.1. The maximum absolute atomic E-state index is 12.7. The number of hydrogen-bond donors (Lipinski definition) is 0. The fourth-order valence-electron chi connectivity index (χ4n) is 3.23. The molecule has 2 aromatic heterocycles. The third-order valence-electron chi connectivity index (χ3n) is 4.80. The number of sulfonamides is 1. The number of ether oxygens (including phenoxy) is 1. The van der Waals surface area contributed by atoms with Crippen LogP contribution in [0.4, 0.5) is 0 Å². The molecule has 2 saturated heterocycles. The van der Waals surface area contributed by atoms with Crippen LogP contribution < -0.4 is 0 Å². The summed E-state index contributed by atoms with van der Waals surface area (Å²) in [7, 11) is -3.66. The van der Waals surface area contributed by atoms with Crippen molar-refractivity contribution in [1.29, 1.82) is 0 Å². The molecule has 2 aliphatic heterocycles. The number of aromatic nitrogens is 4. The first-order valence-electron chi connectivity index (χ1n) is 8.60. The zero-order valence-electron chi connectivity index (χ0n) is 15.0. The van der Waals surface area contributed by atoms with Gasteiger partial charge < -0.3 is 14.2 Å². The van der Waals surface area contributed by atoms with Crippen LogP contribution in [0.5, 0.6) is 0 Å². The Labute approximate surface area is 155 Å². The zero-order chi connectivity index (χ0) is 19.2. The van der Waals surface area contributed by atoms with Crippen molar-refractivity contribution in [2.45, 2.75) is 24.8 Å². The van der Waals surface area contributed by atoms with Gasteiger partial charge in [0.15, 0.2) is 11.5 Å². The highest BCUT2D eigenvalue weighted by molar-refractivity contribution is 7.89. The number of amides is 1. The van der Waals surface area contributed by atoms with Gasteiger partial charge in [-0.3, -0.25) is 4.79 Å². The Balaban J connectivity index is 1.43. The Morgan fingerprint density at radius 2 is 1.93 bits per heavy atom. The van der Waals surface area contributed by atoms with E-state index in [4.69, 9.17) is 9.26 Å². The predicted octanol–water partition coefficient (Wildman–Crippen LogP) is -0.399. The summed E-state index contributed by atoms with van der Waals surface area (Å²) in [6.45, 7) is 5.75. The van der Waals surface area contributed by atoms with Crippen LogP contribution in [0.25, 0.3) is 0 Å². The number of aryl methyl sites for hydroxylation is 2. The minimum Gasteiger partial charge on any atom is -0.378 e. The highest BCUT2D eigenvalue weighted by Gasteiger charge is 2.41. The number of rotatable bonds is 4. The van der Waals surface area contributed by atoms with Gasteiger partial charge in [0.2, 0.25) is 10.0 Å². The van der Waals surface area contributed by atoms with Crippen molar-refractivity contribution in [3.8, 4) is 0 Å². The van der Waals surface area contributed by atoms with Gasteiger partial charge in [-0.2, -0.15) is 4.31 Å². The van der Waals surface area contributed by atoms with E-state index in [1.54, 1.807) is 29.6 Å². The fourth-order valence-corrected chi connectivity index (χ4v) is 5.04. The topological polar surface area (TPSA) is 124 Å². The molecule has 0 saturated carbocycles. The van der Waals surface area contributed by atoms with Crippen molar-refractivity contribution >= 4 is 15.9 Å². The standard InChI is InChI=1S/C15H20N6O5S/c1-10-14(11(2)26-17-10)27(23,24)20-7-12(8-20)21-9-13(16-18-21)15(22)19-3-5-25-6-4-19/h9,12H,3-8H2,1-2H3. The Bertz CT molecular complexity index is 936. The molecule has 0 atom stereocenters. The van der Waals surface area contributed by atoms with Crippen molar-refractivity contribution in [1.82, 2.24) is 29.4 Å². The van der Waals surface area contributed by atoms with Crippen LogP contribution in [-0.4, -0.2) is 83.1 Å². The monoisotopic (exact) mass is 396 g/mol. The molecule has 0 spiro atoms. The average Bonchev–Trinajstić information content (AvgIpc) is 3.20. The van der Waals surface area contributed by atoms with Crippen molar-refractivity contribution in [2.24, 2.45) is 0 Å². The zero-order valence-corrected chi connectivity index (χ0v) is 15.8. The summed E-state index contributed by atoms with van der Waals surface area (Å²) in [4.78, 5) is 14.2. The summed E-state index contributed by atoms with van der Waals surface area (Å²) in [6, 6.07) is -0.168. The van der Waals surface area contributed by atoms with Gasteiger partial charge in [-0.25, -0.2) is 13.1 Å². The van der Waals surface area contributed by atoms with Crippen molar-refractivity contribution in [3.05, 3.63) is 23.3 Å². The van der Waals surface area contributed by atoms with Gasteiger partial charge >= 0.3 is 0 Å². The van der Waals surface area contributed by atoms with E-state index >= 15 is 0 Å². The van der Waals surface area contributed by atoms with Crippen LogP contribution in [0.2, 0.25) is 0 Å². The summed E-state index contributed by atoms with van der Waals surface area (Å²) >= 11 is 0. The van der Waals surface area contributed by atoms with Gasteiger partial charge in [-0.1, -0.05) is 10.4 Å². The van der Waals surface area contributed by atoms with E-state index in [9.17, 15) is 13.2 Å². The lowest BCUT2D eigenvalue weighted by molar-refractivity contribution is 0.0299. The van der Waals surface area contributed by atoms with E-state index in [2.05, 4.69) is 15.5 Å². The molecule has 11 nitrogen and oxygen atoms in total. The summed E-state index contributed by atoms with van der Waals surface area (Å²) in [6.07, 6.45) is 1.57. The normalized spacial score (nSPS) is 19.3. The van der Waals surface area contributed by atoms with Crippen LogP contribution in [0, 0.1) is 13.8 Å². The smallest absolute Gasteiger partial charge is 0.276 e. The molecule has 12 heteroatoms. The average molecular weight is 396 g/mol. The minimum atomic E-state index is -3.66. The third kappa shape index (κ3) is 3.13. The lowest BCUT2D eigenvalue weighted by Crippen LogP contribution is -2.50. The van der Waals surface area contributed by atoms with Crippen LogP contribution in [0.15, 0.2) is 15.6 Å². The molecule has 2 aromatic rings. The van der Waals surface area contributed by atoms with Crippen molar-refractivity contribution in [2.75, 3.05) is 39.4 Å². The second-order valence-electron chi connectivity index (χ2n) is 6.62. The molecule has 27 heavy (non-hydrogen) atoms. The van der Waals surface area contributed by atoms with E-state index in [-0.39, 0.29) is 41.4 Å². The second-order valence-corrected chi connectivity index (χ2v) is 8.49. The number of nitrogens with zero attached hydrogens (tertiary/aromatic N) is 6. The maximum Gasteiger partial charge on any atom is 0.276 e. The van der Waals surface area contributed by atoms with E-state index in [0.29, 0.717) is 32.0 Å². The number of morpholine rings is 1. The lowest BCUT2D eigenvalue weighted by Gasteiger charge is -2.37. The highest BCUT2D eigenvalue weighted by Crippen LogP contribution is 2.30. The lowest BCUT2D eigenvalue weighted by atomic mass is 10.2. The SMILES string of the molecule is Cc1noc(C)c1S(=O)(=O)N1CC(n2cc(C(=O)N3CCOCC3)nn2)C1. The molecule has 4 rings (SSSR count). The minimum absolute atomic E-state index is 0.114. The second kappa shape index (κ2) is 6.69. The van der Waals surface area contributed by atoms with Crippen LogP contribution in [0.3, 0.4) is 0 Å². The Morgan fingerprint density at radius 3 is 2.56 bits per heavy atom. The highest BCUT2D eigenvalue weighted by atomic mass is 32.2. The number of carbonyl (C=O) groups is 1. The molecule has 4 heterocycles. The van der Waals surface area contributed by atoms with E-state index in [0.717, 1.165) is 0 Å². The molecule has 0 radical (unpaired) electrons.